The highest BCUT2D eigenvalue weighted by Gasteiger charge is 2.33. The van der Waals surface area contributed by atoms with Crippen molar-refractivity contribution in [3.05, 3.63) is 113 Å². The Morgan fingerprint density at radius 1 is 1.21 bits per heavy atom. The molecule has 1 aliphatic heterocycles. The van der Waals surface area contributed by atoms with Crippen LogP contribution in [0.15, 0.2) is 86.1 Å². The van der Waals surface area contributed by atoms with Crippen LogP contribution >= 0.6 is 11.3 Å². The fourth-order valence-electron chi connectivity index (χ4n) is 4.45. The fourth-order valence-corrected chi connectivity index (χ4v) is 5.48. The molecule has 5 rings (SSSR count). The number of methoxy groups -OCH3 is 1. The molecule has 0 amide bonds. The molecule has 1 aliphatic rings. The number of fused-ring (bicyclic) bond motifs is 1. The minimum atomic E-state index is -0.704. The normalized spacial score (nSPS) is 15.1. The first-order valence-electron chi connectivity index (χ1n) is 12.0. The summed E-state index contributed by atoms with van der Waals surface area (Å²) in [5, 5.41) is 11.3. The summed E-state index contributed by atoms with van der Waals surface area (Å²) in [6.07, 6.45) is 1.59. The Balaban J connectivity index is 1.62. The molecule has 10 nitrogen and oxygen atoms in total. The first-order chi connectivity index (χ1) is 18.8. The lowest BCUT2D eigenvalue weighted by atomic mass is 9.96. The predicted octanol–water partition coefficient (Wildman–Crippen LogP) is 3.98. The first-order valence-corrected chi connectivity index (χ1v) is 12.8. The maximum Gasteiger partial charge on any atom is 0.338 e. The van der Waals surface area contributed by atoms with Gasteiger partial charge in [0.15, 0.2) is 4.80 Å². The Morgan fingerprint density at radius 2 is 1.97 bits per heavy atom. The molecule has 0 spiro atoms. The molecule has 3 heterocycles. The lowest BCUT2D eigenvalue weighted by molar-refractivity contribution is -0.384. The summed E-state index contributed by atoms with van der Waals surface area (Å²) in [7, 11) is 1.46. The topological polar surface area (TPSA) is 126 Å². The average Bonchev–Trinajstić information content (AvgIpc) is 3.52. The molecule has 0 saturated carbocycles. The number of nitro groups is 1. The Bertz CT molecular complexity index is 1800. The zero-order chi connectivity index (χ0) is 27.7. The van der Waals surface area contributed by atoms with E-state index in [1.54, 1.807) is 32.1 Å². The van der Waals surface area contributed by atoms with Crippen LogP contribution in [0.4, 0.5) is 5.69 Å². The number of non-ortho nitro benzene ring substituents is 1. The monoisotopic (exact) mass is 545 g/mol. The Kier molecular flexibility index (Phi) is 6.99. The van der Waals surface area contributed by atoms with Crippen molar-refractivity contribution in [3.8, 4) is 17.1 Å². The molecule has 0 aliphatic carbocycles. The van der Waals surface area contributed by atoms with E-state index in [2.05, 4.69) is 4.99 Å². The van der Waals surface area contributed by atoms with Gasteiger partial charge >= 0.3 is 5.97 Å². The number of allylic oxidation sites excluding steroid dienone is 1. The molecule has 1 unspecified atom stereocenters. The number of thiazole rings is 1. The molecule has 2 aromatic heterocycles. The smallest absolute Gasteiger partial charge is 0.338 e. The van der Waals surface area contributed by atoms with Gasteiger partial charge < -0.3 is 13.9 Å². The van der Waals surface area contributed by atoms with Gasteiger partial charge in [0.2, 0.25) is 0 Å². The molecule has 11 heteroatoms. The van der Waals surface area contributed by atoms with E-state index in [0.29, 0.717) is 43.4 Å². The number of rotatable bonds is 7. The standard InChI is InChI=1S/C28H23N3O7S/c1-4-37-27(33)24-16(2)29-28-30(25(24)17-8-6-5-7-9-17)26(32)23(39-28)15-19-11-13-22(38-19)20-14-18(31(34)35)10-12-21(20)36-3/h5-15,25H,4H2,1-3H3/b23-15-. The number of benzene rings is 2. The van der Waals surface area contributed by atoms with Crippen molar-refractivity contribution < 1.29 is 23.6 Å². The summed E-state index contributed by atoms with van der Waals surface area (Å²) in [5.74, 6) is 0.591. The average molecular weight is 546 g/mol. The number of hydrogen-bond acceptors (Lipinski definition) is 9. The van der Waals surface area contributed by atoms with Gasteiger partial charge in [-0.1, -0.05) is 41.7 Å². The van der Waals surface area contributed by atoms with Crippen molar-refractivity contribution in [2.45, 2.75) is 19.9 Å². The molecule has 198 valence electrons. The van der Waals surface area contributed by atoms with E-state index in [4.69, 9.17) is 13.9 Å². The van der Waals surface area contributed by atoms with Crippen LogP contribution < -0.4 is 19.6 Å². The third-order valence-electron chi connectivity index (χ3n) is 6.19. The fraction of sp³-hybridized carbons (Fsp3) is 0.179. The van der Waals surface area contributed by atoms with Crippen LogP contribution in [0.2, 0.25) is 0 Å². The maximum absolute atomic E-state index is 13.7. The van der Waals surface area contributed by atoms with E-state index in [9.17, 15) is 19.7 Å². The van der Waals surface area contributed by atoms with Gasteiger partial charge in [-0.15, -0.1) is 0 Å². The van der Waals surface area contributed by atoms with Crippen molar-refractivity contribution in [1.29, 1.82) is 0 Å². The van der Waals surface area contributed by atoms with Crippen molar-refractivity contribution in [3.63, 3.8) is 0 Å². The van der Waals surface area contributed by atoms with Gasteiger partial charge in [-0.25, -0.2) is 9.79 Å². The predicted molar refractivity (Wildman–Crippen MR) is 144 cm³/mol. The van der Waals surface area contributed by atoms with Crippen LogP contribution in [0.25, 0.3) is 17.4 Å². The van der Waals surface area contributed by atoms with E-state index in [-0.39, 0.29) is 17.9 Å². The third-order valence-corrected chi connectivity index (χ3v) is 7.17. The second-order valence-corrected chi connectivity index (χ2v) is 9.57. The number of carbonyl (C=O) groups excluding carboxylic acids is 1. The summed E-state index contributed by atoms with van der Waals surface area (Å²) >= 11 is 1.17. The lowest BCUT2D eigenvalue weighted by Gasteiger charge is -2.24. The van der Waals surface area contributed by atoms with E-state index in [1.807, 2.05) is 30.3 Å². The van der Waals surface area contributed by atoms with Gasteiger partial charge in [0.1, 0.15) is 17.3 Å². The van der Waals surface area contributed by atoms with Crippen LogP contribution in [-0.4, -0.2) is 29.2 Å². The molecule has 0 saturated heterocycles. The zero-order valence-corrected chi connectivity index (χ0v) is 22.1. The summed E-state index contributed by atoms with van der Waals surface area (Å²) in [4.78, 5) is 42.4. The quantitative estimate of drug-likeness (QED) is 0.195. The molecule has 4 aromatic rings. The van der Waals surface area contributed by atoms with Crippen molar-refractivity contribution >= 4 is 29.1 Å². The highest BCUT2D eigenvalue weighted by molar-refractivity contribution is 7.07. The summed E-state index contributed by atoms with van der Waals surface area (Å²) < 4.78 is 18.4. The van der Waals surface area contributed by atoms with Crippen LogP contribution in [0.3, 0.4) is 0 Å². The highest BCUT2D eigenvalue weighted by Crippen LogP contribution is 2.35. The van der Waals surface area contributed by atoms with Crippen molar-refractivity contribution in [1.82, 2.24) is 4.57 Å². The lowest BCUT2D eigenvalue weighted by Crippen LogP contribution is -2.39. The van der Waals surface area contributed by atoms with Gasteiger partial charge in [0, 0.05) is 18.2 Å². The third kappa shape index (κ3) is 4.79. The van der Waals surface area contributed by atoms with Crippen molar-refractivity contribution in [2.75, 3.05) is 13.7 Å². The van der Waals surface area contributed by atoms with E-state index < -0.39 is 16.9 Å². The second kappa shape index (κ2) is 10.5. The van der Waals surface area contributed by atoms with Gasteiger partial charge in [-0.3, -0.25) is 19.5 Å². The first kappa shape index (κ1) is 25.9. The van der Waals surface area contributed by atoms with Crippen LogP contribution in [0.1, 0.15) is 31.2 Å². The summed E-state index contributed by atoms with van der Waals surface area (Å²) in [5.41, 5.74) is 1.50. The van der Waals surface area contributed by atoms with E-state index >= 15 is 0 Å². The molecule has 0 bridgehead atoms. The number of ether oxygens (including phenoxy) is 2. The summed E-state index contributed by atoms with van der Waals surface area (Å²) in [6.45, 7) is 3.64. The second-order valence-electron chi connectivity index (χ2n) is 8.56. The van der Waals surface area contributed by atoms with Gasteiger partial charge in [-0.2, -0.15) is 0 Å². The molecule has 0 N–H and O–H groups in total. The van der Waals surface area contributed by atoms with E-state index in [1.165, 1.54) is 41.2 Å². The molecule has 0 fully saturated rings. The van der Waals surface area contributed by atoms with Crippen LogP contribution in [0.5, 0.6) is 5.75 Å². The van der Waals surface area contributed by atoms with Gasteiger partial charge in [0.25, 0.3) is 11.2 Å². The number of hydrogen-bond donors (Lipinski definition) is 0. The Labute approximate surface area is 225 Å². The molecule has 2 aromatic carbocycles. The van der Waals surface area contributed by atoms with Gasteiger partial charge in [0.05, 0.1) is 46.0 Å². The Morgan fingerprint density at radius 3 is 2.67 bits per heavy atom. The van der Waals surface area contributed by atoms with Crippen molar-refractivity contribution in [2.24, 2.45) is 4.99 Å². The number of nitrogens with zero attached hydrogens (tertiary/aromatic N) is 3. The molecule has 39 heavy (non-hydrogen) atoms. The minimum Gasteiger partial charge on any atom is -0.496 e. The van der Waals surface area contributed by atoms with E-state index in [0.717, 1.165) is 5.56 Å². The molecular weight excluding hydrogens is 522 g/mol. The highest BCUT2D eigenvalue weighted by atomic mass is 32.1. The maximum atomic E-state index is 13.7. The number of furan rings is 1. The Hall–Kier alpha value is -4.77. The number of esters is 1. The van der Waals surface area contributed by atoms with Crippen LogP contribution in [-0.2, 0) is 9.53 Å². The molecule has 0 radical (unpaired) electrons. The summed E-state index contributed by atoms with van der Waals surface area (Å²) in [6, 6.07) is 16.1. The molecular formula is C28H23N3O7S. The minimum absolute atomic E-state index is 0.106. The van der Waals surface area contributed by atoms with Gasteiger partial charge in [-0.05, 0) is 37.6 Å². The molecule has 1 atom stereocenters. The largest absolute Gasteiger partial charge is 0.496 e. The number of carbonyl (C=O) groups is 1. The zero-order valence-electron chi connectivity index (χ0n) is 21.2. The SMILES string of the molecule is CCOC(=O)C1=C(C)N=c2s/c(=C\c3ccc(-c4cc([N+](=O)[O-])ccc4OC)o3)c(=O)n2C1c1ccccc1. The number of nitro benzene ring substituents is 1. The number of aromatic nitrogens is 1. The van der Waals surface area contributed by atoms with Crippen LogP contribution in [0, 0.1) is 10.1 Å².